The first-order valence-electron chi connectivity index (χ1n) is 3.82. The molecule has 1 aliphatic heterocycles. The van der Waals surface area contributed by atoms with Gasteiger partial charge in [-0.15, -0.1) is 0 Å². The summed E-state index contributed by atoms with van der Waals surface area (Å²) in [6, 6.07) is 0. The Labute approximate surface area is 70.0 Å². The summed E-state index contributed by atoms with van der Waals surface area (Å²) in [4.78, 5) is 9.00. The summed E-state index contributed by atoms with van der Waals surface area (Å²) in [7, 11) is 2.74. The van der Waals surface area contributed by atoms with Crippen LogP contribution in [0.3, 0.4) is 0 Å². The van der Waals surface area contributed by atoms with Gasteiger partial charge in [-0.2, -0.15) is 0 Å². The smallest absolute Gasteiger partial charge is 0.300 e. The maximum Gasteiger partial charge on any atom is 0.300 e. The van der Waals surface area contributed by atoms with Gasteiger partial charge in [-0.25, -0.2) is 0 Å². The van der Waals surface area contributed by atoms with Crippen molar-refractivity contribution in [2.45, 2.75) is 26.2 Å². The fourth-order valence-corrected chi connectivity index (χ4v) is 1.28. The lowest BCUT2D eigenvalue weighted by Crippen LogP contribution is -2.18. The van der Waals surface area contributed by atoms with Crippen LogP contribution in [-0.2, 0) is 4.79 Å². The molecule has 1 heterocycles. The zero-order valence-electron chi connectivity index (χ0n) is 6.92. The lowest BCUT2D eigenvalue weighted by molar-refractivity contribution is -0.134. The molecule has 0 amide bonds. The van der Waals surface area contributed by atoms with E-state index in [-0.39, 0.29) is 0 Å². The van der Waals surface area contributed by atoms with E-state index >= 15 is 0 Å². The SMILES string of the molecule is CC(=O)O.PN1CCCCC1. The molecule has 0 aliphatic carbocycles. The van der Waals surface area contributed by atoms with Crippen molar-refractivity contribution in [1.82, 2.24) is 4.67 Å². The van der Waals surface area contributed by atoms with Crippen molar-refractivity contribution >= 4 is 15.4 Å². The largest absolute Gasteiger partial charge is 0.481 e. The fraction of sp³-hybridized carbons (Fsp3) is 0.857. The molecule has 11 heavy (non-hydrogen) atoms. The molecule has 0 bridgehead atoms. The molecule has 0 spiro atoms. The van der Waals surface area contributed by atoms with Crippen LogP contribution < -0.4 is 0 Å². The van der Waals surface area contributed by atoms with E-state index in [0.29, 0.717) is 0 Å². The molecule has 1 rings (SSSR count). The molecule has 4 heteroatoms. The van der Waals surface area contributed by atoms with E-state index in [9.17, 15) is 0 Å². The number of carboxylic acids is 1. The zero-order chi connectivity index (χ0) is 8.69. The van der Waals surface area contributed by atoms with Gasteiger partial charge in [0.2, 0.25) is 0 Å². The summed E-state index contributed by atoms with van der Waals surface area (Å²) in [6.45, 7) is 3.65. The number of hydrogen-bond donors (Lipinski definition) is 1. The molecule has 0 radical (unpaired) electrons. The monoisotopic (exact) mass is 177 g/mol. The molecule has 0 aromatic heterocycles. The molecule has 1 atom stereocenters. The number of carboxylic acid groups (broad SMARTS) is 1. The van der Waals surface area contributed by atoms with Crippen LogP contribution in [0.25, 0.3) is 0 Å². The van der Waals surface area contributed by atoms with Gasteiger partial charge in [0.15, 0.2) is 0 Å². The van der Waals surface area contributed by atoms with Gasteiger partial charge >= 0.3 is 0 Å². The van der Waals surface area contributed by atoms with E-state index in [2.05, 4.69) is 14.1 Å². The highest BCUT2D eigenvalue weighted by atomic mass is 31.0. The van der Waals surface area contributed by atoms with Crippen LogP contribution in [0, 0.1) is 0 Å². The second kappa shape index (κ2) is 6.56. The summed E-state index contributed by atoms with van der Waals surface area (Å²) < 4.78 is 2.31. The van der Waals surface area contributed by atoms with E-state index in [4.69, 9.17) is 9.90 Å². The van der Waals surface area contributed by atoms with Gasteiger partial charge in [0.1, 0.15) is 0 Å². The number of aliphatic carboxylic acids is 1. The van der Waals surface area contributed by atoms with Crippen LogP contribution in [0.2, 0.25) is 0 Å². The molecule has 1 saturated heterocycles. The molecule has 0 saturated carbocycles. The fourth-order valence-electron chi connectivity index (χ4n) is 0.918. The first-order valence-corrected chi connectivity index (χ1v) is 4.33. The average Bonchev–Trinajstić information content (AvgIpc) is 1.87. The van der Waals surface area contributed by atoms with Crippen molar-refractivity contribution in [2.24, 2.45) is 0 Å². The van der Waals surface area contributed by atoms with Gasteiger partial charge in [0, 0.05) is 20.0 Å². The minimum Gasteiger partial charge on any atom is -0.481 e. The van der Waals surface area contributed by atoms with Gasteiger partial charge in [0.25, 0.3) is 5.97 Å². The third-order valence-corrected chi connectivity index (χ3v) is 1.91. The van der Waals surface area contributed by atoms with Gasteiger partial charge in [0.05, 0.1) is 0 Å². The van der Waals surface area contributed by atoms with Gasteiger partial charge in [-0.3, -0.25) is 9.46 Å². The Kier molecular flexibility index (Phi) is 6.48. The Morgan fingerprint density at radius 3 is 1.91 bits per heavy atom. The zero-order valence-corrected chi connectivity index (χ0v) is 8.07. The van der Waals surface area contributed by atoms with Crippen LogP contribution in [0.4, 0.5) is 0 Å². The van der Waals surface area contributed by atoms with Crippen LogP contribution in [-0.4, -0.2) is 28.8 Å². The molecule has 1 unspecified atom stereocenters. The predicted octanol–water partition coefficient (Wildman–Crippen LogP) is 1.35. The molecule has 1 fully saturated rings. The minimum atomic E-state index is -0.833. The van der Waals surface area contributed by atoms with Crippen molar-refractivity contribution in [3.63, 3.8) is 0 Å². The Bertz CT molecular complexity index is 109. The number of rotatable bonds is 0. The van der Waals surface area contributed by atoms with E-state index in [1.54, 1.807) is 0 Å². The van der Waals surface area contributed by atoms with Crippen LogP contribution in [0.1, 0.15) is 26.2 Å². The first kappa shape index (κ1) is 10.9. The Hall–Kier alpha value is -0.140. The van der Waals surface area contributed by atoms with E-state index in [1.807, 2.05) is 0 Å². The van der Waals surface area contributed by atoms with E-state index < -0.39 is 5.97 Å². The van der Waals surface area contributed by atoms with Crippen LogP contribution >= 0.6 is 9.39 Å². The van der Waals surface area contributed by atoms with Crippen molar-refractivity contribution in [3.8, 4) is 0 Å². The highest BCUT2D eigenvalue weighted by Crippen LogP contribution is 2.11. The second-order valence-electron chi connectivity index (χ2n) is 2.62. The number of nitrogens with zero attached hydrogens (tertiary/aromatic N) is 1. The highest BCUT2D eigenvalue weighted by Gasteiger charge is 2.02. The van der Waals surface area contributed by atoms with Gasteiger partial charge in [-0.05, 0) is 12.8 Å². The molecule has 0 aromatic carbocycles. The summed E-state index contributed by atoms with van der Waals surface area (Å²) in [5, 5.41) is 7.42. The van der Waals surface area contributed by atoms with Gasteiger partial charge in [-0.1, -0.05) is 15.8 Å². The maximum atomic E-state index is 9.00. The molecule has 66 valence electrons. The molecule has 0 aromatic rings. The normalized spacial score (nSPS) is 18.4. The maximum absolute atomic E-state index is 9.00. The quantitative estimate of drug-likeness (QED) is 0.568. The standard InChI is InChI=1S/C5H12NP.C2H4O2/c7-6-4-2-1-3-5-6;1-2(3)4/h1-5,7H2;1H3,(H,3,4). The van der Waals surface area contributed by atoms with Crippen molar-refractivity contribution in [2.75, 3.05) is 13.1 Å². The Balaban J connectivity index is 0.000000218. The van der Waals surface area contributed by atoms with E-state index in [0.717, 1.165) is 6.92 Å². The molecule has 3 nitrogen and oxygen atoms in total. The number of piperidine rings is 1. The number of carbonyl (C=O) groups is 1. The van der Waals surface area contributed by atoms with Crippen molar-refractivity contribution in [1.29, 1.82) is 0 Å². The topological polar surface area (TPSA) is 40.5 Å². The van der Waals surface area contributed by atoms with Crippen molar-refractivity contribution < 1.29 is 9.90 Å². The number of hydrogen-bond acceptors (Lipinski definition) is 2. The third kappa shape index (κ3) is 9.86. The Morgan fingerprint density at radius 1 is 1.36 bits per heavy atom. The van der Waals surface area contributed by atoms with Crippen LogP contribution in [0.15, 0.2) is 0 Å². The average molecular weight is 177 g/mol. The summed E-state index contributed by atoms with van der Waals surface area (Å²) in [5.41, 5.74) is 0. The van der Waals surface area contributed by atoms with Gasteiger partial charge < -0.3 is 5.11 Å². The molecule has 1 N–H and O–H groups in total. The van der Waals surface area contributed by atoms with E-state index in [1.165, 1.54) is 32.4 Å². The van der Waals surface area contributed by atoms with Crippen molar-refractivity contribution in [3.05, 3.63) is 0 Å². The minimum absolute atomic E-state index is 0.833. The molecular formula is C7H16NO2P. The summed E-state index contributed by atoms with van der Waals surface area (Å²) in [5.74, 6) is -0.833. The lowest BCUT2D eigenvalue weighted by Gasteiger charge is -2.20. The molecular weight excluding hydrogens is 161 g/mol. The lowest BCUT2D eigenvalue weighted by atomic mass is 10.2. The molecule has 1 aliphatic rings. The highest BCUT2D eigenvalue weighted by molar-refractivity contribution is 7.13. The first-order chi connectivity index (χ1) is 5.13. The summed E-state index contributed by atoms with van der Waals surface area (Å²) >= 11 is 0. The summed E-state index contributed by atoms with van der Waals surface area (Å²) in [6.07, 6.45) is 4.22. The van der Waals surface area contributed by atoms with Crippen LogP contribution in [0.5, 0.6) is 0 Å². The Morgan fingerprint density at radius 2 is 1.73 bits per heavy atom. The third-order valence-electron chi connectivity index (χ3n) is 1.39. The second-order valence-corrected chi connectivity index (χ2v) is 3.35. The predicted molar refractivity (Wildman–Crippen MR) is 48.4 cm³/mol.